The van der Waals surface area contributed by atoms with Crippen molar-refractivity contribution < 1.29 is 0 Å². The van der Waals surface area contributed by atoms with Crippen molar-refractivity contribution in [1.29, 1.82) is 0 Å². The fourth-order valence-corrected chi connectivity index (χ4v) is 0. The van der Waals surface area contributed by atoms with Crippen LogP contribution in [0.3, 0.4) is 0 Å². The largest absolute Gasteiger partial charge is 0 e. The van der Waals surface area contributed by atoms with Crippen LogP contribution in [0.25, 0.3) is 0 Å². The average Bonchev–Trinajstić information content (AvgIpc) is 0. The molecule has 0 N–H and O–H groups in total. The van der Waals surface area contributed by atoms with Gasteiger partial charge in [-0.1, -0.05) is 0 Å². The average molecular weight is 2910 g/mol. The second-order valence-electron chi connectivity index (χ2n) is 0. The van der Waals surface area contributed by atoms with Crippen LogP contribution >= 0.6 is 0 Å². The summed E-state index contributed by atoms with van der Waals surface area (Å²) in [7, 11) is 0. The van der Waals surface area contributed by atoms with E-state index in [-0.39, 0.29) is 1760 Å². The van der Waals surface area contributed by atoms with Crippen molar-refractivity contribution in [3.63, 3.8) is 0 Å². The van der Waals surface area contributed by atoms with E-state index in [1.807, 2.05) is 0 Å². The predicted molar refractivity (Wildman–Crippen MR) is 363 cm³/mol. The minimum absolute atomic E-state index is 0. The van der Waals surface area contributed by atoms with Crippen molar-refractivity contribution in [3.05, 3.63) is 0 Å². The van der Waals surface area contributed by atoms with Crippen molar-refractivity contribution in [3.8, 4) is 0 Å². The fourth-order valence-electron chi connectivity index (χ4n) is 0. The molecule has 0 spiro atoms. The zero-order valence-corrected chi connectivity index (χ0v) is 142. The summed E-state index contributed by atoms with van der Waals surface area (Å²) in [6, 6.07) is 0. The van der Waals surface area contributed by atoms with E-state index in [2.05, 4.69) is 0 Å². The molecule has 0 aromatic heterocycles. The summed E-state index contributed by atoms with van der Waals surface area (Å²) in [4.78, 5) is 0. The Hall–Kier alpha value is 56.1. The van der Waals surface area contributed by atoms with Crippen molar-refractivity contribution in [2.75, 3.05) is 0 Å². The van der Waals surface area contributed by atoms with E-state index in [0.717, 1.165) is 0 Å². The maximum absolute atomic E-state index is 0. The molecule has 63 heteroatoms. The summed E-state index contributed by atoms with van der Waals surface area (Å²) in [6.07, 6.45) is 0. The topological polar surface area (TPSA) is 0 Å². The summed E-state index contributed by atoms with van der Waals surface area (Å²) in [5.41, 5.74) is 0. The first kappa shape index (κ1) is 528. The summed E-state index contributed by atoms with van der Waals surface area (Å²) in [6.45, 7) is 0. The first-order valence-corrected chi connectivity index (χ1v) is 0. The van der Waals surface area contributed by atoms with Crippen molar-refractivity contribution in [2.45, 2.75) is 0 Å². The molecule has 0 saturated heterocycles. The molecule has 0 nitrogen and oxygen atoms in total. The van der Waals surface area contributed by atoms with E-state index in [1.54, 1.807) is 0 Å². The van der Waals surface area contributed by atoms with Gasteiger partial charge in [-0.2, -0.15) is 0 Å². The van der Waals surface area contributed by atoms with Crippen LogP contribution in [0.2, 0.25) is 0 Å². The van der Waals surface area contributed by atoms with Crippen molar-refractivity contribution in [2.24, 2.45) is 0 Å². The Morgan fingerprint density at radius 2 is 0.0317 bits per heavy atom. The van der Waals surface area contributed by atoms with Gasteiger partial charge >= 0.3 is 0 Å². The van der Waals surface area contributed by atoms with Crippen LogP contribution in [-0.2, 0) is 0 Å². The van der Waals surface area contributed by atoms with Crippen LogP contribution in [-0.4, -0.2) is 1760 Å². The van der Waals surface area contributed by atoms with Crippen LogP contribution in [0.1, 0.15) is 0 Å². The van der Waals surface area contributed by atoms with E-state index in [4.69, 9.17) is 0 Å². The maximum atomic E-state index is 0. The third-order valence-corrected chi connectivity index (χ3v) is 0. The molecule has 0 unspecified atom stereocenters. The van der Waals surface area contributed by atoms with Gasteiger partial charge in [0.15, 0.2) is 0 Å². The third-order valence-electron chi connectivity index (χ3n) is 0. The summed E-state index contributed by atoms with van der Waals surface area (Å²) in [5.74, 6) is 0. The van der Waals surface area contributed by atoms with Crippen LogP contribution in [0.4, 0.5) is 0 Å². The van der Waals surface area contributed by atoms with Gasteiger partial charge in [0.2, 0.25) is 0 Å². The molecular formula is Ba19Li44. The van der Waals surface area contributed by atoms with Gasteiger partial charge in [0.05, 0.1) is 0 Å². The molecule has 0 fully saturated rings. The summed E-state index contributed by atoms with van der Waals surface area (Å²) in [5, 5.41) is 0. The number of rotatable bonds is 0. The van der Waals surface area contributed by atoms with Crippen LogP contribution < -0.4 is 0 Å². The Balaban J connectivity index is 0. The molecule has 0 rings (SSSR count). The zero-order chi connectivity index (χ0) is 0. The van der Waals surface area contributed by atoms with Crippen LogP contribution in [0.5, 0.6) is 0 Å². The normalized spacial score (nSPS) is 0. The van der Waals surface area contributed by atoms with E-state index < -0.39 is 0 Å². The van der Waals surface area contributed by atoms with Gasteiger partial charge in [-0.05, 0) is 0 Å². The minimum Gasteiger partial charge on any atom is 0 e. The summed E-state index contributed by atoms with van der Waals surface area (Å²) < 4.78 is 0. The van der Waals surface area contributed by atoms with E-state index in [0.29, 0.717) is 0 Å². The molecule has 0 aliphatic heterocycles. The Morgan fingerprint density at radius 3 is 0.0317 bits per heavy atom. The molecule has 0 atom stereocenters. The Labute approximate surface area is 1690 Å². The number of hydrogen-bond donors (Lipinski definition) is 0. The smallest absolute Gasteiger partial charge is 0 e. The van der Waals surface area contributed by atoms with Gasteiger partial charge in [0.1, 0.15) is 0 Å². The van der Waals surface area contributed by atoms with Crippen LogP contribution in [0, 0.1) is 0 Å². The Kier molecular flexibility index (Phi) is 4310. The van der Waals surface area contributed by atoms with Crippen molar-refractivity contribution in [1.82, 2.24) is 0 Å². The van der Waals surface area contributed by atoms with Gasteiger partial charge in [-0.3, -0.25) is 0 Å². The van der Waals surface area contributed by atoms with Gasteiger partial charge in [0.25, 0.3) is 0 Å². The molecule has 0 aromatic carbocycles. The van der Waals surface area contributed by atoms with Crippen LogP contribution in [0.15, 0.2) is 0 Å². The van der Waals surface area contributed by atoms with E-state index in [1.165, 1.54) is 0 Å². The van der Waals surface area contributed by atoms with Gasteiger partial charge in [0, 0.05) is 1760 Å². The van der Waals surface area contributed by atoms with Gasteiger partial charge in [-0.15, -0.1) is 0 Å². The first-order chi connectivity index (χ1) is 0. The molecule has 0 saturated carbocycles. The summed E-state index contributed by atoms with van der Waals surface area (Å²) >= 11 is 0. The van der Waals surface area contributed by atoms with E-state index in [9.17, 15) is 0 Å². The third kappa shape index (κ3) is 506. The Morgan fingerprint density at radius 1 is 0.0317 bits per heavy atom. The molecule has 82 radical (unpaired) electrons. The first-order valence-electron chi connectivity index (χ1n) is 0. The van der Waals surface area contributed by atoms with Gasteiger partial charge in [-0.25, -0.2) is 0 Å². The molecule has 0 heterocycles. The maximum Gasteiger partial charge on any atom is 0 e. The monoisotopic (exact) mass is 2930 g/mol. The van der Waals surface area contributed by atoms with Gasteiger partial charge < -0.3 is 0 Å². The molecular weight excluding hydrogens is 2910 g/mol. The predicted octanol–water partition coefficient (Wildman–Crippen LogP) is -24.0. The zero-order valence-electron chi connectivity index (χ0n) is 57.4. The molecule has 0 aromatic rings. The molecule has 0 aliphatic carbocycles. The van der Waals surface area contributed by atoms with Crippen molar-refractivity contribution >= 4 is 1760 Å². The number of hydrogen-bond acceptors (Lipinski definition) is 0. The Bertz CT molecular complexity index is 55.6. The minimum atomic E-state index is 0. The quantitative estimate of drug-likeness (QED) is 0.212. The SMILES string of the molecule is [Ba].[Ba].[Ba].[Ba].[Ba].[Ba].[Ba].[Ba].[Ba].[Ba].[Ba].[Ba].[Ba].[Ba].[Ba].[Ba].[Ba].[Ba].[Ba].[Li].[Li].[Li].[Li].[Li].[Li].[Li].[Li].[Li].[Li].[Li].[Li].[Li].[Li].[Li].[Li].[Li].[Li].[Li].[Li].[Li].[Li].[Li].[Li].[Li].[Li].[Li].[Li].[Li].[Li].[Li].[Li].[Li].[Li].[Li].[Li].[Li].[Li].[Li].[Li].[Li].[Li].[Li].[Li]. The molecule has 63 heavy (non-hydrogen) atoms. The fraction of sp³-hybridized carbons (Fsp3) is 0. The molecule has 82 valence electrons. The standard InChI is InChI=1S/19Ba.44Li. The van der Waals surface area contributed by atoms with E-state index >= 15 is 0 Å². The molecule has 0 aliphatic rings. The second kappa shape index (κ2) is 514. The molecule has 0 bridgehead atoms. The second-order valence-corrected chi connectivity index (χ2v) is 0. The molecule has 0 amide bonds.